The molecule has 2 aromatic carbocycles. The van der Waals surface area contributed by atoms with Gasteiger partial charge in [-0.25, -0.2) is 0 Å². The van der Waals surface area contributed by atoms with Crippen molar-refractivity contribution in [3.8, 4) is 11.5 Å². The maximum atomic E-state index is 12.8. The molecule has 1 aliphatic heterocycles. The van der Waals surface area contributed by atoms with Crippen molar-refractivity contribution >= 4 is 5.91 Å². The summed E-state index contributed by atoms with van der Waals surface area (Å²) >= 11 is 0. The summed E-state index contributed by atoms with van der Waals surface area (Å²) in [5, 5.41) is 0. The summed E-state index contributed by atoms with van der Waals surface area (Å²) in [6, 6.07) is 15.9. The van der Waals surface area contributed by atoms with Gasteiger partial charge in [0.25, 0.3) is 0 Å². The number of ether oxygens (including phenoxy) is 2. The molecule has 126 valence electrons. The monoisotopic (exact) mass is 325 g/mol. The fraction of sp³-hybridized carbons (Fsp3) is 0.350. The summed E-state index contributed by atoms with van der Waals surface area (Å²) in [5.74, 6) is 1.79. The Morgan fingerprint density at radius 1 is 1.08 bits per heavy atom. The highest BCUT2D eigenvalue weighted by molar-refractivity contribution is 5.79. The van der Waals surface area contributed by atoms with E-state index in [1.807, 2.05) is 41.3 Å². The van der Waals surface area contributed by atoms with Crippen LogP contribution in [-0.2, 0) is 11.2 Å². The zero-order chi connectivity index (χ0) is 16.9. The summed E-state index contributed by atoms with van der Waals surface area (Å²) < 4.78 is 10.5. The molecule has 4 heteroatoms. The molecule has 1 aliphatic rings. The molecule has 0 saturated carbocycles. The predicted octanol–water partition coefficient (Wildman–Crippen LogP) is 3.61. The van der Waals surface area contributed by atoms with Crippen LogP contribution in [0.2, 0.25) is 0 Å². The van der Waals surface area contributed by atoms with Gasteiger partial charge in [0.2, 0.25) is 5.91 Å². The van der Waals surface area contributed by atoms with Gasteiger partial charge < -0.3 is 14.4 Å². The molecule has 4 nitrogen and oxygen atoms in total. The molecule has 0 N–H and O–H groups in total. The third-order valence-corrected chi connectivity index (χ3v) is 4.56. The second-order valence-electron chi connectivity index (χ2n) is 6.05. The Kier molecular flexibility index (Phi) is 5.04. The Morgan fingerprint density at radius 2 is 1.83 bits per heavy atom. The number of benzene rings is 2. The van der Waals surface area contributed by atoms with Gasteiger partial charge in [-0.1, -0.05) is 24.3 Å². The third-order valence-electron chi connectivity index (χ3n) is 4.56. The molecule has 1 fully saturated rings. The molecule has 1 unspecified atom stereocenters. The quantitative estimate of drug-likeness (QED) is 0.843. The van der Waals surface area contributed by atoms with Crippen LogP contribution >= 0.6 is 0 Å². The van der Waals surface area contributed by atoms with E-state index in [4.69, 9.17) is 9.47 Å². The highest BCUT2D eigenvalue weighted by Gasteiger charge is 2.29. The van der Waals surface area contributed by atoms with Crippen LogP contribution in [0.1, 0.15) is 30.0 Å². The summed E-state index contributed by atoms with van der Waals surface area (Å²) in [4.78, 5) is 14.8. The minimum absolute atomic E-state index is 0.161. The molecule has 0 bridgehead atoms. The van der Waals surface area contributed by atoms with E-state index in [0.29, 0.717) is 6.42 Å². The molecule has 0 aromatic heterocycles. The van der Waals surface area contributed by atoms with Crippen molar-refractivity contribution in [2.75, 3.05) is 20.8 Å². The van der Waals surface area contributed by atoms with E-state index in [2.05, 4.69) is 12.1 Å². The lowest BCUT2D eigenvalue weighted by molar-refractivity contribution is -0.131. The van der Waals surface area contributed by atoms with E-state index in [-0.39, 0.29) is 11.9 Å². The SMILES string of the molecule is COc1ccc(C2CCCN2C(=O)Cc2cccc(OC)c2)cc1. The van der Waals surface area contributed by atoms with Crippen LogP contribution in [0, 0.1) is 0 Å². The fourth-order valence-electron chi connectivity index (χ4n) is 3.30. The number of carbonyl (C=O) groups excluding carboxylic acids is 1. The number of likely N-dealkylation sites (tertiary alicyclic amines) is 1. The molecule has 1 saturated heterocycles. The highest BCUT2D eigenvalue weighted by atomic mass is 16.5. The first-order valence-corrected chi connectivity index (χ1v) is 8.27. The largest absolute Gasteiger partial charge is 0.497 e. The van der Waals surface area contributed by atoms with Crippen molar-refractivity contribution in [1.82, 2.24) is 4.90 Å². The van der Waals surface area contributed by atoms with Crippen molar-refractivity contribution in [1.29, 1.82) is 0 Å². The average molecular weight is 325 g/mol. The van der Waals surface area contributed by atoms with Crippen molar-refractivity contribution < 1.29 is 14.3 Å². The lowest BCUT2D eigenvalue weighted by Crippen LogP contribution is -2.31. The Balaban J connectivity index is 1.72. The van der Waals surface area contributed by atoms with Crippen LogP contribution in [0.15, 0.2) is 48.5 Å². The molecule has 2 aromatic rings. The number of hydrogen-bond donors (Lipinski definition) is 0. The van der Waals surface area contributed by atoms with Gasteiger partial charge in [-0.3, -0.25) is 4.79 Å². The number of hydrogen-bond acceptors (Lipinski definition) is 3. The second kappa shape index (κ2) is 7.39. The van der Waals surface area contributed by atoms with E-state index >= 15 is 0 Å². The third kappa shape index (κ3) is 3.53. The summed E-state index contributed by atoms with van der Waals surface area (Å²) in [5.41, 5.74) is 2.16. The molecule has 3 rings (SSSR count). The normalized spacial score (nSPS) is 16.9. The van der Waals surface area contributed by atoms with E-state index < -0.39 is 0 Å². The van der Waals surface area contributed by atoms with Crippen LogP contribution in [0.5, 0.6) is 11.5 Å². The first-order chi connectivity index (χ1) is 11.7. The lowest BCUT2D eigenvalue weighted by atomic mass is 10.0. The smallest absolute Gasteiger partial charge is 0.227 e. The predicted molar refractivity (Wildman–Crippen MR) is 93.4 cm³/mol. The van der Waals surface area contributed by atoms with Gasteiger partial charge >= 0.3 is 0 Å². The van der Waals surface area contributed by atoms with Crippen molar-refractivity contribution in [3.63, 3.8) is 0 Å². The molecule has 1 amide bonds. The zero-order valence-electron chi connectivity index (χ0n) is 14.2. The van der Waals surface area contributed by atoms with Gasteiger partial charge in [-0.05, 0) is 48.2 Å². The van der Waals surface area contributed by atoms with E-state index in [1.54, 1.807) is 14.2 Å². The number of nitrogens with zero attached hydrogens (tertiary/aromatic N) is 1. The second-order valence-corrected chi connectivity index (χ2v) is 6.05. The standard InChI is InChI=1S/C20H23NO3/c1-23-17-10-8-16(9-11-17)19-7-4-12-21(19)20(22)14-15-5-3-6-18(13-15)24-2/h3,5-6,8-11,13,19H,4,7,12,14H2,1-2H3. The molecule has 0 aliphatic carbocycles. The minimum atomic E-state index is 0.161. The Morgan fingerprint density at radius 3 is 2.54 bits per heavy atom. The van der Waals surface area contributed by atoms with Gasteiger partial charge in [0.05, 0.1) is 26.7 Å². The van der Waals surface area contributed by atoms with Crippen LogP contribution in [0.4, 0.5) is 0 Å². The molecular weight excluding hydrogens is 302 g/mol. The molecule has 24 heavy (non-hydrogen) atoms. The van der Waals surface area contributed by atoms with Crippen LogP contribution in [0.25, 0.3) is 0 Å². The summed E-state index contributed by atoms with van der Waals surface area (Å²) in [7, 11) is 3.30. The number of methoxy groups -OCH3 is 2. The summed E-state index contributed by atoms with van der Waals surface area (Å²) in [6.07, 6.45) is 2.46. The maximum Gasteiger partial charge on any atom is 0.227 e. The lowest BCUT2D eigenvalue weighted by Gasteiger charge is -2.25. The van der Waals surface area contributed by atoms with Gasteiger partial charge in [0.1, 0.15) is 11.5 Å². The summed E-state index contributed by atoms with van der Waals surface area (Å²) in [6.45, 7) is 0.819. The highest BCUT2D eigenvalue weighted by Crippen LogP contribution is 2.33. The van der Waals surface area contributed by atoms with Gasteiger partial charge in [-0.2, -0.15) is 0 Å². The van der Waals surface area contributed by atoms with Crippen LogP contribution in [0.3, 0.4) is 0 Å². The van der Waals surface area contributed by atoms with Gasteiger partial charge in [0.15, 0.2) is 0 Å². The van der Waals surface area contributed by atoms with Crippen molar-refractivity contribution in [2.45, 2.75) is 25.3 Å². The Labute approximate surface area is 143 Å². The van der Waals surface area contributed by atoms with Crippen LogP contribution < -0.4 is 9.47 Å². The first kappa shape index (κ1) is 16.4. The molecule has 0 radical (unpaired) electrons. The topological polar surface area (TPSA) is 38.8 Å². The molecule has 1 heterocycles. The molecule has 0 spiro atoms. The van der Waals surface area contributed by atoms with E-state index in [9.17, 15) is 4.79 Å². The van der Waals surface area contributed by atoms with Crippen LogP contribution in [-0.4, -0.2) is 31.6 Å². The van der Waals surface area contributed by atoms with Crippen molar-refractivity contribution in [3.05, 3.63) is 59.7 Å². The van der Waals surface area contributed by atoms with E-state index in [0.717, 1.165) is 36.4 Å². The zero-order valence-corrected chi connectivity index (χ0v) is 14.2. The first-order valence-electron chi connectivity index (χ1n) is 8.27. The van der Waals surface area contributed by atoms with Gasteiger partial charge in [0, 0.05) is 6.54 Å². The number of rotatable bonds is 5. The minimum Gasteiger partial charge on any atom is -0.497 e. The number of amides is 1. The number of carbonyl (C=O) groups is 1. The Hall–Kier alpha value is -2.49. The average Bonchev–Trinajstić information content (AvgIpc) is 3.12. The maximum absolute atomic E-state index is 12.8. The fourth-order valence-corrected chi connectivity index (χ4v) is 3.30. The Bertz CT molecular complexity index is 696. The molecular formula is C20H23NO3. The van der Waals surface area contributed by atoms with Gasteiger partial charge in [-0.15, -0.1) is 0 Å². The van der Waals surface area contributed by atoms with Crippen molar-refractivity contribution in [2.24, 2.45) is 0 Å². The molecule has 1 atom stereocenters. The van der Waals surface area contributed by atoms with E-state index in [1.165, 1.54) is 5.56 Å².